The molecular formula is C15H14O2S. The van der Waals surface area contributed by atoms with Gasteiger partial charge in [0, 0.05) is 11.3 Å². The largest absolute Gasteiger partial charge is 0.507 e. The van der Waals surface area contributed by atoms with Crippen molar-refractivity contribution < 1.29 is 10.2 Å². The molecule has 0 atom stereocenters. The van der Waals surface area contributed by atoms with Gasteiger partial charge in [-0.25, -0.2) is 0 Å². The third-order valence-corrected chi connectivity index (χ3v) is 2.97. The monoisotopic (exact) mass is 258 g/mol. The summed E-state index contributed by atoms with van der Waals surface area (Å²) in [5.74, 6) is 0.441. The van der Waals surface area contributed by atoms with Gasteiger partial charge in [-0.15, -0.1) is 0 Å². The first-order chi connectivity index (χ1) is 8.70. The maximum atomic E-state index is 9.73. The van der Waals surface area contributed by atoms with E-state index < -0.39 is 0 Å². The molecule has 2 rings (SSSR count). The fourth-order valence-electron chi connectivity index (χ4n) is 1.68. The molecule has 0 aliphatic heterocycles. The van der Waals surface area contributed by atoms with Crippen LogP contribution in [0.3, 0.4) is 0 Å². The van der Waals surface area contributed by atoms with Crippen LogP contribution in [0.5, 0.6) is 11.5 Å². The van der Waals surface area contributed by atoms with Crippen LogP contribution in [0.15, 0.2) is 42.5 Å². The second-order valence-corrected chi connectivity index (χ2v) is 4.26. The summed E-state index contributed by atoms with van der Waals surface area (Å²) >= 11 is 4.06. The van der Waals surface area contributed by atoms with Gasteiger partial charge in [-0.05, 0) is 23.3 Å². The van der Waals surface area contributed by atoms with E-state index in [9.17, 15) is 10.2 Å². The Labute approximate surface area is 112 Å². The van der Waals surface area contributed by atoms with Crippen LogP contribution in [-0.4, -0.2) is 10.2 Å². The molecule has 0 fully saturated rings. The average molecular weight is 258 g/mol. The lowest BCUT2D eigenvalue weighted by Crippen LogP contribution is -1.83. The summed E-state index contributed by atoms with van der Waals surface area (Å²) in [6.07, 6.45) is 3.77. The predicted molar refractivity (Wildman–Crippen MR) is 77.8 cm³/mol. The molecule has 3 heteroatoms. The van der Waals surface area contributed by atoms with Gasteiger partial charge in [0.15, 0.2) is 0 Å². The molecule has 18 heavy (non-hydrogen) atoms. The molecule has 2 N–H and O–H groups in total. The zero-order chi connectivity index (χ0) is 13.0. The number of benzene rings is 2. The number of aromatic hydroxyl groups is 2. The van der Waals surface area contributed by atoms with Crippen LogP contribution in [0.25, 0.3) is 12.2 Å². The van der Waals surface area contributed by atoms with Gasteiger partial charge in [0.25, 0.3) is 0 Å². The highest BCUT2D eigenvalue weighted by Gasteiger charge is 2.06. The molecule has 0 spiro atoms. The number of hydrogen-bond acceptors (Lipinski definition) is 3. The van der Waals surface area contributed by atoms with Crippen molar-refractivity contribution in [2.45, 2.75) is 5.75 Å². The van der Waals surface area contributed by atoms with E-state index >= 15 is 0 Å². The Hall–Kier alpha value is -1.87. The van der Waals surface area contributed by atoms with Crippen LogP contribution in [0, 0.1) is 0 Å². The Bertz CT molecular complexity index is 539. The van der Waals surface area contributed by atoms with Crippen LogP contribution in [0.2, 0.25) is 0 Å². The van der Waals surface area contributed by atoms with E-state index in [1.54, 1.807) is 12.1 Å². The summed E-state index contributed by atoms with van der Waals surface area (Å²) in [4.78, 5) is 0. The van der Waals surface area contributed by atoms with E-state index in [2.05, 4.69) is 12.6 Å². The van der Waals surface area contributed by atoms with Gasteiger partial charge >= 0.3 is 0 Å². The minimum atomic E-state index is 0.0673. The topological polar surface area (TPSA) is 40.5 Å². The summed E-state index contributed by atoms with van der Waals surface area (Å²) in [6.45, 7) is 0. The SMILES string of the molecule is Oc1cc(/C=C/c2ccccc2)cc(O)c1CS. The minimum Gasteiger partial charge on any atom is -0.507 e. The van der Waals surface area contributed by atoms with Gasteiger partial charge in [0.1, 0.15) is 11.5 Å². The van der Waals surface area contributed by atoms with Gasteiger partial charge in [0.05, 0.1) is 0 Å². The lowest BCUT2D eigenvalue weighted by atomic mass is 10.1. The van der Waals surface area contributed by atoms with E-state index in [0.717, 1.165) is 11.1 Å². The van der Waals surface area contributed by atoms with Gasteiger partial charge in [-0.2, -0.15) is 12.6 Å². The molecule has 0 radical (unpaired) electrons. The van der Waals surface area contributed by atoms with Crippen LogP contribution in [0.1, 0.15) is 16.7 Å². The molecule has 0 heterocycles. The second kappa shape index (κ2) is 5.65. The highest BCUT2D eigenvalue weighted by atomic mass is 32.1. The third kappa shape index (κ3) is 2.87. The van der Waals surface area contributed by atoms with E-state index in [4.69, 9.17) is 0 Å². The third-order valence-electron chi connectivity index (χ3n) is 2.65. The van der Waals surface area contributed by atoms with Crippen LogP contribution in [0.4, 0.5) is 0 Å². The standard InChI is InChI=1S/C15H14O2S/c16-14-8-12(9-15(17)13(14)10-18)7-6-11-4-2-1-3-5-11/h1-9,16-18H,10H2/b7-6+. The Balaban J connectivity index is 2.28. The molecule has 0 unspecified atom stereocenters. The fourth-order valence-corrected chi connectivity index (χ4v) is 2.00. The van der Waals surface area contributed by atoms with Crippen LogP contribution in [-0.2, 0) is 5.75 Å². The van der Waals surface area contributed by atoms with Crippen LogP contribution < -0.4 is 0 Å². The smallest absolute Gasteiger partial charge is 0.123 e. The predicted octanol–water partition coefficient (Wildman–Crippen LogP) is 3.70. The molecule has 0 bridgehead atoms. The van der Waals surface area contributed by atoms with Crippen molar-refractivity contribution in [1.82, 2.24) is 0 Å². The first kappa shape index (κ1) is 12.6. The first-order valence-corrected chi connectivity index (χ1v) is 6.23. The van der Waals surface area contributed by atoms with Gasteiger partial charge in [0.2, 0.25) is 0 Å². The molecule has 0 amide bonds. The van der Waals surface area contributed by atoms with Crippen molar-refractivity contribution in [3.8, 4) is 11.5 Å². The van der Waals surface area contributed by atoms with Gasteiger partial charge in [-0.3, -0.25) is 0 Å². The molecule has 2 aromatic rings. The van der Waals surface area contributed by atoms with E-state index in [1.165, 1.54) is 0 Å². The maximum absolute atomic E-state index is 9.73. The Kier molecular flexibility index (Phi) is 3.95. The molecular weight excluding hydrogens is 244 g/mol. The molecule has 0 saturated heterocycles. The highest BCUT2D eigenvalue weighted by molar-refractivity contribution is 7.79. The Morgan fingerprint density at radius 3 is 2.00 bits per heavy atom. The van der Waals surface area contributed by atoms with Gasteiger partial charge < -0.3 is 10.2 Å². The van der Waals surface area contributed by atoms with Gasteiger partial charge in [-0.1, -0.05) is 42.5 Å². The number of thiol groups is 1. The molecule has 2 aromatic carbocycles. The summed E-state index contributed by atoms with van der Waals surface area (Å²) in [5, 5.41) is 19.5. The molecule has 92 valence electrons. The zero-order valence-corrected chi connectivity index (χ0v) is 10.6. The molecule has 0 aliphatic carbocycles. The van der Waals surface area contributed by atoms with E-state index in [1.807, 2.05) is 42.5 Å². The number of phenols is 2. The van der Waals surface area contributed by atoms with Crippen molar-refractivity contribution in [3.63, 3.8) is 0 Å². The highest BCUT2D eigenvalue weighted by Crippen LogP contribution is 2.30. The van der Waals surface area contributed by atoms with Crippen molar-refractivity contribution in [2.24, 2.45) is 0 Å². The minimum absolute atomic E-state index is 0.0673. The van der Waals surface area contributed by atoms with Crippen molar-refractivity contribution in [3.05, 3.63) is 59.2 Å². The number of hydrogen-bond donors (Lipinski definition) is 3. The molecule has 0 aliphatic rings. The lowest BCUT2D eigenvalue weighted by Gasteiger charge is -2.05. The lowest BCUT2D eigenvalue weighted by molar-refractivity contribution is 0.442. The molecule has 0 aromatic heterocycles. The number of phenolic OH excluding ortho intramolecular Hbond substituents is 2. The summed E-state index contributed by atoms with van der Waals surface area (Å²) in [5.41, 5.74) is 2.27. The average Bonchev–Trinajstić information content (AvgIpc) is 2.37. The van der Waals surface area contributed by atoms with Crippen molar-refractivity contribution in [1.29, 1.82) is 0 Å². The maximum Gasteiger partial charge on any atom is 0.123 e. The number of rotatable bonds is 3. The van der Waals surface area contributed by atoms with E-state index in [0.29, 0.717) is 11.3 Å². The summed E-state index contributed by atoms with van der Waals surface area (Å²) in [7, 11) is 0. The quantitative estimate of drug-likeness (QED) is 0.580. The fraction of sp³-hybridized carbons (Fsp3) is 0.0667. The first-order valence-electron chi connectivity index (χ1n) is 5.59. The zero-order valence-electron chi connectivity index (χ0n) is 9.74. The van der Waals surface area contributed by atoms with E-state index in [-0.39, 0.29) is 11.5 Å². The Morgan fingerprint density at radius 2 is 1.44 bits per heavy atom. The Morgan fingerprint density at radius 1 is 0.889 bits per heavy atom. The van der Waals surface area contributed by atoms with Crippen LogP contribution >= 0.6 is 12.6 Å². The molecule has 2 nitrogen and oxygen atoms in total. The molecule has 0 saturated carbocycles. The summed E-state index contributed by atoms with van der Waals surface area (Å²) in [6, 6.07) is 13.1. The normalized spacial score (nSPS) is 10.9. The second-order valence-electron chi connectivity index (χ2n) is 3.94. The van der Waals surface area contributed by atoms with Crippen molar-refractivity contribution in [2.75, 3.05) is 0 Å². The van der Waals surface area contributed by atoms with Crippen molar-refractivity contribution >= 4 is 24.8 Å². The summed E-state index contributed by atoms with van der Waals surface area (Å²) < 4.78 is 0.